The summed E-state index contributed by atoms with van der Waals surface area (Å²) in [6, 6.07) is 15.4. The number of aliphatic hydroxyl groups is 1. The zero-order valence-corrected chi connectivity index (χ0v) is 22.4. The van der Waals surface area contributed by atoms with E-state index < -0.39 is 17.9 Å². The van der Waals surface area contributed by atoms with Crippen molar-refractivity contribution in [2.75, 3.05) is 17.2 Å². The molecule has 7 nitrogen and oxygen atoms in total. The molecule has 0 spiro atoms. The summed E-state index contributed by atoms with van der Waals surface area (Å²) in [4.78, 5) is 26.3. The molecule has 0 aliphatic carbocycles. The molecule has 3 N–H and O–H groups in total. The van der Waals surface area contributed by atoms with Gasteiger partial charge in [-0.2, -0.15) is 0 Å². The Balaban J connectivity index is 1.85. The van der Waals surface area contributed by atoms with E-state index in [1.165, 1.54) is 0 Å². The summed E-state index contributed by atoms with van der Waals surface area (Å²) in [6.07, 6.45) is -1.76. The highest BCUT2D eigenvalue weighted by atomic mass is 32.1. The SMILES string of the molecule is Cc1ccc(NC(O)c2sc(NC(=O)OC(C)(C)C)c(C(=O)COCc3ccccc3)c2C)c(C)c1. The first-order valence-corrected chi connectivity index (χ1v) is 12.6. The number of anilines is 2. The molecule has 1 aromatic heterocycles. The summed E-state index contributed by atoms with van der Waals surface area (Å²) in [5.41, 5.74) is 4.01. The summed E-state index contributed by atoms with van der Waals surface area (Å²) in [6.45, 7) is 11.1. The number of hydrogen-bond donors (Lipinski definition) is 3. The highest BCUT2D eigenvalue weighted by Crippen LogP contribution is 2.38. The molecule has 2 aromatic carbocycles. The highest BCUT2D eigenvalue weighted by molar-refractivity contribution is 7.17. The van der Waals surface area contributed by atoms with Gasteiger partial charge in [0.2, 0.25) is 0 Å². The molecule has 1 atom stereocenters. The second-order valence-electron chi connectivity index (χ2n) is 9.69. The predicted octanol–water partition coefficient (Wildman–Crippen LogP) is 6.52. The fourth-order valence-corrected chi connectivity index (χ4v) is 4.86. The summed E-state index contributed by atoms with van der Waals surface area (Å²) in [5.74, 6) is -0.296. The van der Waals surface area contributed by atoms with Crippen LogP contribution in [0, 0.1) is 20.8 Å². The Morgan fingerprint density at radius 2 is 1.75 bits per heavy atom. The second kappa shape index (κ2) is 11.7. The molecule has 0 fully saturated rings. The maximum Gasteiger partial charge on any atom is 0.412 e. The van der Waals surface area contributed by atoms with Crippen molar-refractivity contribution in [2.24, 2.45) is 0 Å². The van der Waals surface area contributed by atoms with Gasteiger partial charge in [0, 0.05) is 5.69 Å². The lowest BCUT2D eigenvalue weighted by atomic mass is 10.1. The number of amides is 1. The van der Waals surface area contributed by atoms with Crippen molar-refractivity contribution in [1.29, 1.82) is 0 Å². The quantitative estimate of drug-likeness (QED) is 0.224. The number of thiophene rings is 1. The predicted molar refractivity (Wildman–Crippen MR) is 144 cm³/mol. The molecule has 0 bridgehead atoms. The summed E-state index contributed by atoms with van der Waals surface area (Å²) in [7, 11) is 0. The molecule has 0 radical (unpaired) electrons. The number of ketones is 1. The van der Waals surface area contributed by atoms with Crippen LogP contribution in [-0.2, 0) is 16.1 Å². The van der Waals surface area contributed by atoms with E-state index in [2.05, 4.69) is 10.6 Å². The highest BCUT2D eigenvalue weighted by Gasteiger charge is 2.27. The topological polar surface area (TPSA) is 96.9 Å². The number of hydrogen-bond acceptors (Lipinski definition) is 7. The van der Waals surface area contributed by atoms with Gasteiger partial charge >= 0.3 is 6.09 Å². The van der Waals surface area contributed by atoms with Crippen LogP contribution in [-0.4, -0.2) is 29.2 Å². The van der Waals surface area contributed by atoms with E-state index in [0.717, 1.165) is 33.7 Å². The molecule has 36 heavy (non-hydrogen) atoms. The zero-order valence-electron chi connectivity index (χ0n) is 21.6. The first-order chi connectivity index (χ1) is 16.9. The Morgan fingerprint density at radius 1 is 1.06 bits per heavy atom. The minimum absolute atomic E-state index is 0.171. The van der Waals surface area contributed by atoms with Crippen LogP contribution in [0.4, 0.5) is 15.5 Å². The normalized spacial score (nSPS) is 12.2. The first kappa shape index (κ1) is 27.4. The number of carbonyl (C=O) groups excluding carboxylic acids is 2. The maximum atomic E-state index is 13.2. The van der Waals surface area contributed by atoms with Crippen LogP contribution in [0.15, 0.2) is 48.5 Å². The second-order valence-corrected chi connectivity index (χ2v) is 10.7. The smallest absolute Gasteiger partial charge is 0.412 e. The number of benzene rings is 2. The number of rotatable bonds is 9. The van der Waals surface area contributed by atoms with Gasteiger partial charge in [0.1, 0.15) is 17.2 Å². The minimum Gasteiger partial charge on any atom is -0.444 e. The lowest BCUT2D eigenvalue weighted by Crippen LogP contribution is -2.27. The molecule has 3 aromatic rings. The fraction of sp³-hybridized carbons (Fsp3) is 0.357. The van der Waals surface area contributed by atoms with Crippen LogP contribution >= 0.6 is 11.3 Å². The molecule has 0 saturated carbocycles. The van der Waals surface area contributed by atoms with Crippen molar-refractivity contribution >= 4 is 33.9 Å². The maximum absolute atomic E-state index is 13.2. The molecule has 1 unspecified atom stereocenters. The Bertz CT molecular complexity index is 1210. The van der Waals surface area contributed by atoms with Crippen LogP contribution in [0.1, 0.15) is 64.5 Å². The van der Waals surface area contributed by atoms with Crippen LogP contribution in [0.3, 0.4) is 0 Å². The molecule has 8 heteroatoms. The standard InChI is InChI=1S/C28H34N2O5S/c1-17-12-13-21(18(2)14-17)29-25(32)24-19(3)23(26(36-24)30-27(33)35-28(4,5)6)22(31)16-34-15-20-10-8-7-9-11-20/h7-14,25,29,32H,15-16H2,1-6H3,(H,30,33). The van der Waals surface area contributed by atoms with Crippen molar-refractivity contribution < 1.29 is 24.2 Å². The Labute approximate surface area is 216 Å². The number of nitrogens with one attached hydrogen (secondary N) is 2. The van der Waals surface area contributed by atoms with Gasteiger partial charge in [-0.05, 0) is 64.3 Å². The van der Waals surface area contributed by atoms with Gasteiger partial charge in [-0.3, -0.25) is 10.1 Å². The van der Waals surface area contributed by atoms with E-state index in [4.69, 9.17) is 9.47 Å². The Kier molecular flexibility index (Phi) is 8.89. The number of Topliss-reactive ketones (excluding diaryl/α,β-unsaturated/α-hetero) is 1. The van der Waals surface area contributed by atoms with Crippen LogP contribution in [0.2, 0.25) is 0 Å². The van der Waals surface area contributed by atoms with Crippen molar-refractivity contribution in [3.05, 3.63) is 81.2 Å². The van der Waals surface area contributed by atoms with E-state index in [0.29, 0.717) is 21.0 Å². The van der Waals surface area contributed by atoms with Gasteiger partial charge in [0.05, 0.1) is 17.0 Å². The van der Waals surface area contributed by atoms with E-state index >= 15 is 0 Å². The van der Waals surface area contributed by atoms with Crippen molar-refractivity contribution in [3.8, 4) is 0 Å². The third kappa shape index (κ3) is 7.40. The molecular formula is C28H34N2O5S. The zero-order chi connectivity index (χ0) is 26.5. The summed E-state index contributed by atoms with van der Waals surface area (Å²) >= 11 is 1.13. The number of aryl methyl sites for hydroxylation is 2. The molecule has 0 aliphatic rings. The van der Waals surface area contributed by atoms with Gasteiger partial charge in [-0.15, -0.1) is 11.3 Å². The van der Waals surface area contributed by atoms with Crippen LogP contribution in [0.25, 0.3) is 0 Å². The summed E-state index contributed by atoms with van der Waals surface area (Å²) < 4.78 is 11.0. The average Bonchev–Trinajstić information content (AvgIpc) is 3.10. The van der Waals surface area contributed by atoms with Gasteiger partial charge in [0.25, 0.3) is 0 Å². The average molecular weight is 511 g/mol. The third-order valence-corrected chi connectivity index (χ3v) is 6.60. The molecule has 1 heterocycles. The molecule has 192 valence electrons. The number of carbonyl (C=O) groups is 2. The lowest BCUT2D eigenvalue weighted by Gasteiger charge is -2.19. The van der Waals surface area contributed by atoms with E-state index in [1.807, 2.05) is 62.4 Å². The van der Waals surface area contributed by atoms with Gasteiger partial charge < -0.3 is 19.9 Å². The molecule has 0 saturated heterocycles. The number of ether oxygens (including phenoxy) is 2. The van der Waals surface area contributed by atoms with Gasteiger partial charge in [0.15, 0.2) is 12.0 Å². The first-order valence-electron chi connectivity index (χ1n) is 11.7. The minimum atomic E-state index is -1.08. The van der Waals surface area contributed by atoms with E-state index in [9.17, 15) is 14.7 Å². The fourth-order valence-electron chi connectivity index (χ4n) is 3.71. The largest absolute Gasteiger partial charge is 0.444 e. The van der Waals surface area contributed by atoms with Crippen molar-refractivity contribution in [3.63, 3.8) is 0 Å². The number of aliphatic hydroxyl groups excluding tert-OH is 1. The lowest BCUT2D eigenvalue weighted by molar-refractivity contribution is 0.0636. The monoisotopic (exact) mass is 510 g/mol. The van der Waals surface area contributed by atoms with Crippen LogP contribution < -0.4 is 10.6 Å². The Morgan fingerprint density at radius 3 is 2.39 bits per heavy atom. The van der Waals surface area contributed by atoms with Crippen LogP contribution in [0.5, 0.6) is 0 Å². The van der Waals surface area contributed by atoms with Crippen molar-refractivity contribution in [2.45, 2.75) is 60.0 Å². The van der Waals surface area contributed by atoms with Crippen molar-refractivity contribution in [1.82, 2.24) is 0 Å². The van der Waals surface area contributed by atoms with E-state index in [1.54, 1.807) is 27.7 Å². The van der Waals surface area contributed by atoms with Gasteiger partial charge in [-0.1, -0.05) is 48.0 Å². The summed E-state index contributed by atoms with van der Waals surface area (Å²) in [5, 5.41) is 17.1. The molecular weight excluding hydrogens is 476 g/mol. The third-order valence-electron chi connectivity index (χ3n) is 5.34. The van der Waals surface area contributed by atoms with Gasteiger partial charge in [-0.25, -0.2) is 4.79 Å². The molecule has 3 rings (SSSR count). The molecule has 1 amide bonds. The molecule has 0 aliphatic heterocycles. The van der Waals surface area contributed by atoms with E-state index in [-0.39, 0.29) is 19.0 Å². The Hall–Kier alpha value is -3.20.